The third-order valence-corrected chi connectivity index (χ3v) is 4.03. The smallest absolute Gasteiger partial charge is 0.175 e. The fourth-order valence-electron chi connectivity index (χ4n) is 1.74. The van der Waals surface area contributed by atoms with E-state index >= 15 is 0 Å². The van der Waals surface area contributed by atoms with Crippen molar-refractivity contribution in [2.45, 2.75) is 20.1 Å². The van der Waals surface area contributed by atoms with Crippen LogP contribution < -0.4 is 14.8 Å². The molecule has 1 heterocycles. The van der Waals surface area contributed by atoms with E-state index in [0.29, 0.717) is 12.4 Å². The number of hydrogen-bond acceptors (Lipinski definition) is 5. The summed E-state index contributed by atoms with van der Waals surface area (Å²) in [5.41, 5.74) is 1.15. The summed E-state index contributed by atoms with van der Waals surface area (Å²) in [5.74, 6) is 1.44. The average Bonchev–Trinajstić information content (AvgIpc) is 2.96. The maximum atomic E-state index is 5.82. The van der Waals surface area contributed by atoms with Gasteiger partial charge in [0.15, 0.2) is 11.5 Å². The van der Waals surface area contributed by atoms with Crippen LogP contribution in [0.25, 0.3) is 0 Å². The molecule has 108 valence electrons. The molecule has 20 heavy (non-hydrogen) atoms. The van der Waals surface area contributed by atoms with Gasteiger partial charge in [-0.15, -0.1) is 11.3 Å². The molecule has 0 aliphatic heterocycles. The summed E-state index contributed by atoms with van der Waals surface area (Å²) in [6, 6.07) is 4.03. The molecule has 0 bridgehead atoms. The molecule has 4 nitrogen and oxygen atoms in total. The van der Waals surface area contributed by atoms with Crippen molar-refractivity contribution < 1.29 is 9.47 Å². The van der Waals surface area contributed by atoms with E-state index in [1.165, 1.54) is 0 Å². The topological polar surface area (TPSA) is 43.4 Å². The van der Waals surface area contributed by atoms with Crippen molar-refractivity contribution in [1.82, 2.24) is 10.3 Å². The van der Waals surface area contributed by atoms with Crippen LogP contribution in [0.5, 0.6) is 11.5 Å². The van der Waals surface area contributed by atoms with E-state index in [4.69, 9.17) is 9.47 Å². The molecule has 0 radical (unpaired) electrons. The Labute approximate surface area is 131 Å². The Morgan fingerprint density at radius 2 is 2.25 bits per heavy atom. The molecule has 2 aromatic rings. The Morgan fingerprint density at radius 1 is 1.40 bits per heavy atom. The second kappa shape index (κ2) is 7.61. The number of nitrogens with one attached hydrogen (secondary N) is 1. The summed E-state index contributed by atoms with van der Waals surface area (Å²) in [7, 11) is 1.65. The van der Waals surface area contributed by atoms with Gasteiger partial charge < -0.3 is 14.8 Å². The van der Waals surface area contributed by atoms with E-state index in [-0.39, 0.29) is 0 Å². The highest BCUT2D eigenvalue weighted by Gasteiger charge is 2.12. The highest BCUT2D eigenvalue weighted by Crippen LogP contribution is 2.37. The molecule has 0 atom stereocenters. The predicted molar refractivity (Wildman–Crippen MR) is 84.5 cm³/mol. The van der Waals surface area contributed by atoms with Gasteiger partial charge in [0.25, 0.3) is 0 Å². The van der Waals surface area contributed by atoms with Gasteiger partial charge in [0, 0.05) is 18.1 Å². The van der Waals surface area contributed by atoms with Crippen LogP contribution in [0.3, 0.4) is 0 Å². The van der Waals surface area contributed by atoms with Gasteiger partial charge in [-0.2, -0.15) is 0 Å². The molecular formula is C14H17BrN2O2S. The van der Waals surface area contributed by atoms with Crippen LogP contribution in [0, 0.1) is 0 Å². The lowest BCUT2D eigenvalue weighted by atomic mass is 10.2. The minimum Gasteiger partial charge on any atom is -0.493 e. The van der Waals surface area contributed by atoms with E-state index in [9.17, 15) is 0 Å². The van der Waals surface area contributed by atoms with Gasteiger partial charge in [0.05, 0.1) is 11.6 Å². The molecule has 1 aromatic heterocycles. The third-order valence-electron chi connectivity index (χ3n) is 2.69. The Morgan fingerprint density at radius 3 is 2.90 bits per heavy atom. The summed E-state index contributed by atoms with van der Waals surface area (Å²) in [6.45, 7) is 4.26. The first-order valence-electron chi connectivity index (χ1n) is 6.33. The first-order chi connectivity index (χ1) is 9.74. The Bertz CT molecular complexity index is 546. The first kappa shape index (κ1) is 15.3. The number of hydrogen-bond donors (Lipinski definition) is 1. The molecule has 6 heteroatoms. The van der Waals surface area contributed by atoms with Crippen LogP contribution in [0.4, 0.5) is 0 Å². The number of nitrogens with zero attached hydrogens (tertiary/aromatic N) is 1. The number of aromatic nitrogens is 1. The molecular weight excluding hydrogens is 340 g/mol. The molecule has 0 unspecified atom stereocenters. The molecule has 1 aromatic carbocycles. The largest absolute Gasteiger partial charge is 0.493 e. The number of ether oxygens (including phenoxy) is 2. The second-order valence-corrected chi connectivity index (χ2v) is 5.94. The first-order valence-corrected chi connectivity index (χ1v) is 8.00. The van der Waals surface area contributed by atoms with Gasteiger partial charge in [-0.1, -0.05) is 6.92 Å². The molecule has 0 saturated heterocycles. The summed E-state index contributed by atoms with van der Waals surface area (Å²) < 4.78 is 12.1. The molecule has 0 fully saturated rings. The Hall–Kier alpha value is -1.11. The molecule has 0 aliphatic rings. The van der Waals surface area contributed by atoms with Gasteiger partial charge in [-0.25, -0.2) is 4.98 Å². The number of methoxy groups -OCH3 is 1. The molecule has 0 saturated carbocycles. The lowest BCUT2D eigenvalue weighted by molar-refractivity contribution is 0.282. The molecule has 0 aliphatic carbocycles. The predicted octanol–water partition coefficient (Wildman–Crippen LogP) is 3.60. The maximum absolute atomic E-state index is 5.82. The van der Waals surface area contributed by atoms with E-state index in [1.54, 1.807) is 24.6 Å². The van der Waals surface area contributed by atoms with E-state index < -0.39 is 0 Å². The SMILES string of the molecule is CCNCc1cc(Br)c(OCc2nccs2)c(OC)c1. The van der Waals surface area contributed by atoms with Crippen molar-refractivity contribution in [3.8, 4) is 11.5 Å². The normalized spacial score (nSPS) is 10.6. The summed E-state index contributed by atoms with van der Waals surface area (Å²) in [5, 5.41) is 6.17. The Kier molecular flexibility index (Phi) is 5.82. The van der Waals surface area contributed by atoms with Gasteiger partial charge in [-0.05, 0) is 40.2 Å². The molecule has 0 amide bonds. The van der Waals surface area contributed by atoms with Crippen LogP contribution in [0.1, 0.15) is 17.5 Å². The summed E-state index contributed by atoms with van der Waals surface area (Å²) in [6.07, 6.45) is 1.77. The van der Waals surface area contributed by atoms with Crippen molar-refractivity contribution in [1.29, 1.82) is 0 Å². The lowest BCUT2D eigenvalue weighted by Gasteiger charge is -2.14. The second-order valence-electron chi connectivity index (χ2n) is 4.10. The summed E-state index contributed by atoms with van der Waals surface area (Å²) >= 11 is 5.12. The standard InChI is InChI=1S/C14H17BrN2O2S/c1-3-16-8-10-6-11(15)14(12(7-10)18-2)19-9-13-17-4-5-20-13/h4-7,16H,3,8-9H2,1-2H3. The fourth-order valence-corrected chi connectivity index (χ4v) is 2.87. The van der Waals surface area contributed by atoms with E-state index in [0.717, 1.165) is 33.9 Å². The maximum Gasteiger partial charge on any atom is 0.175 e. The van der Waals surface area contributed by atoms with Gasteiger partial charge in [0.2, 0.25) is 0 Å². The van der Waals surface area contributed by atoms with Gasteiger partial charge in [0.1, 0.15) is 11.6 Å². The van der Waals surface area contributed by atoms with E-state index in [2.05, 4.69) is 33.2 Å². The zero-order valence-electron chi connectivity index (χ0n) is 11.5. The monoisotopic (exact) mass is 356 g/mol. The quantitative estimate of drug-likeness (QED) is 0.822. The Balaban J connectivity index is 2.14. The molecule has 0 spiro atoms. The number of thiazole rings is 1. The minimum absolute atomic E-state index is 0.444. The lowest BCUT2D eigenvalue weighted by Crippen LogP contribution is -2.12. The number of halogens is 1. The van der Waals surface area contributed by atoms with Gasteiger partial charge >= 0.3 is 0 Å². The third kappa shape index (κ3) is 3.94. The molecule has 1 N–H and O–H groups in total. The van der Waals surface area contributed by atoms with Crippen molar-refractivity contribution in [3.63, 3.8) is 0 Å². The zero-order chi connectivity index (χ0) is 14.4. The highest BCUT2D eigenvalue weighted by molar-refractivity contribution is 9.10. The highest BCUT2D eigenvalue weighted by atomic mass is 79.9. The van der Waals surface area contributed by atoms with Gasteiger partial charge in [-0.3, -0.25) is 0 Å². The van der Waals surface area contributed by atoms with Crippen molar-refractivity contribution in [2.75, 3.05) is 13.7 Å². The van der Waals surface area contributed by atoms with Crippen LogP contribution in [-0.2, 0) is 13.2 Å². The van der Waals surface area contributed by atoms with Crippen molar-refractivity contribution >= 4 is 27.3 Å². The fraction of sp³-hybridized carbons (Fsp3) is 0.357. The van der Waals surface area contributed by atoms with Crippen LogP contribution in [0.15, 0.2) is 28.2 Å². The van der Waals surface area contributed by atoms with Crippen LogP contribution in [-0.4, -0.2) is 18.6 Å². The van der Waals surface area contributed by atoms with Crippen molar-refractivity contribution in [3.05, 3.63) is 38.8 Å². The molecule has 2 rings (SSSR count). The number of rotatable bonds is 7. The van der Waals surface area contributed by atoms with Crippen LogP contribution >= 0.6 is 27.3 Å². The van der Waals surface area contributed by atoms with E-state index in [1.807, 2.05) is 17.5 Å². The number of benzene rings is 1. The average molecular weight is 357 g/mol. The summed E-state index contributed by atoms with van der Waals surface area (Å²) in [4.78, 5) is 4.20. The van der Waals surface area contributed by atoms with Crippen LogP contribution in [0.2, 0.25) is 0 Å². The van der Waals surface area contributed by atoms with Crippen molar-refractivity contribution in [2.24, 2.45) is 0 Å². The zero-order valence-corrected chi connectivity index (χ0v) is 13.9. The minimum atomic E-state index is 0.444.